The van der Waals surface area contributed by atoms with Crippen molar-refractivity contribution in [3.8, 4) is 0 Å². The fourth-order valence-corrected chi connectivity index (χ4v) is 12.5. The Bertz CT molecular complexity index is 1400. The highest BCUT2D eigenvalue weighted by Gasteiger charge is 2.46. The van der Waals surface area contributed by atoms with Gasteiger partial charge >= 0.3 is 0 Å². The van der Waals surface area contributed by atoms with E-state index >= 15 is 0 Å². The highest BCUT2D eigenvalue weighted by molar-refractivity contribution is 7.13. The van der Waals surface area contributed by atoms with Crippen LogP contribution in [0, 0.1) is 0 Å². The molecule has 0 spiro atoms. The summed E-state index contributed by atoms with van der Waals surface area (Å²) in [6.07, 6.45) is 15.0. The quantitative estimate of drug-likeness (QED) is 0.116. The fraction of sp³-hybridized carbons (Fsp3) is 0.333. The van der Waals surface area contributed by atoms with Gasteiger partial charge in [0, 0.05) is 5.54 Å². The summed E-state index contributed by atoms with van der Waals surface area (Å²) in [4.78, 5) is 0. The maximum Gasteiger partial charge on any atom is 0.158 e. The molecule has 0 nitrogen and oxygen atoms in total. The molecule has 0 radical (unpaired) electrons. The smallest absolute Gasteiger partial charge is 0.0790 e. The van der Waals surface area contributed by atoms with E-state index in [-0.39, 0.29) is 0 Å². The SMILES string of the molecule is CCc1cc(CC)cc([Si](c2cc(CC)cc(CC)c2)(c2cc(CC)cc(CC)c2)C2C=CC(Cc3ccccc3)=C2)c1. The van der Waals surface area contributed by atoms with Gasteiger partial charge in [-0.05, 0) is 105 Å². The van der Waals surface area contributed by atoms with Crippen molar-refractivity contribution in [3.05, 3.63) is 148 Å². The molecule has 4 aromatic rings. The van der Waals surface area contributed by atoms with E-state index in [1.165, 1.54) is 44.5 Å². The Morgan fingerprint density at radius 2 is 0.837 bits per heavy atom. The van der Waals surface area contributed by atoms with Crippen LogP contribution in [0.4, 0.5) is 0 Å². The predicted molar refractivity (Wildman–Crippen MR) is 191 cm³/mol. The molecule has 1 aliphatic carbocycles. The van der Waals surface area contributed by atoms with E-state index in [0.29, 0.717) is 5.54 Å². The lowest BCUT2D eigenvalue weighted by Gasteiger charge is -2.39. The number of benzene rings is 4. The molecule has 1 heteroatoms. The summed E-state index contributed by atoms with van der Waals surface area (Å²) in [7, 11) is -2.60. The molecule has 0 saturated carbocycles. The third-order valence-corrected chi connectivity index (χ3v) is 14.6. The molecule has 0 saturated heterocycles. The van der Waals surface area contributed by atoms with Gasteiger partial charge in [0.1, 0.15) is 0 Å². The molecule has 0 heterocycles. The Morgan fingerprint density at radius 3 is 1.19 bits per heavy atom. The maximum atomic E-state index is 2.65. The minimum absolute atomic E-state index is 0.344. The van der Waals surface area contributed by atoms with Crippen LogP contribution in [0.3, 0.4) is 0 Å². The third-order valence-electron chi connectivity index (χ3n) is 9.64. The molecule has 5 rings (SSSR count). The van der Waals surface area contributed by atoms with Crippen molar-refractivity contribution < 1.29 is 0 Å². The van der Waals surface area contributed by atoms with E-state index < -0.39 is 8.07 Å². The summed E-state index contributed by atoms with van der Waals surface area (Å²) in [5.41, 5.74) is 12.0. The standard InChI is InChI=1S/C42H50Si/c1-7-31-20-32(8-2)25-40(24-31)43(41-26-33(9-3)21-34(10-4)27-41,42-28-35(11-5)22-36(12-6)29-42)39-19-18-38(30-39)23-37-16-14-13-15-17-37/h13-22,24-30,39H,7-12,23H2,1-6H3. The van der Waals surface area contributed by atoms with Crippen molar-refractivity contribution in [3.63, 3.8) is 0 Å². The Kier molecular flexibility index (Phi) is 10.0. The summed E-state index contributed by atoms with van der Waals surface area (Å²) >= 11 is 0. The normalized spacial score (nSPS) is 14.7. The number of allylic oxidation sites excluding steroid dienone is 4. The van der Waals surface area contributed by atoms with E-state index in [2.05, 4.69) is 145 Å². The first-order valence-electron chi connectivity index (χ1n) is 16.8. The van der Waals surface area contributed by atoms with Gasteiger partial charge in [-0.15, -0.1) is 0 Å². The summed E-state index contributed by atoms with van der Waals surface area (Å²) in [6, 6.07) is 33.9. The van der Waals surface area contributed by atoms with Gasteiger partial charge in [0.05, 0.1) is 0 Å². The second kappa shape index (κ2) is 13.9. The van der Waals surface area contributed by atoms with E-state index in [0.717, 1.165) is 44.9 Å². The van der Waals surface area contributed by atoms with Crippen molar-refractivity contribution in [2.75, 3.05) is 0 Å². The van der Waals surface area contributed by atoms with Crippen LogP contribution in [-0.2, 0) is 44.9 Å². The lowest BCUT2D eigenvalue weighted by atomic mass is 10.1. The summed E-state index contributed by atoms with van der Waals surface area (Å²) < 4.78 is 0. The fourth-order valence-electron chi connectivity index (χ4n) is 7.06. The van der Waals surface area contributed by atoms with Crippen molar-refractivity contribution in [1.82, 2.24) is 0 Å². The van der Waals surface area contributed by atoms with Gasteiger partial charge in [-0.25, -0.2) is 0 Å². The third kappa shape index (κ3) is 6.43. The van der Waals surface area contributed by atoms with Crippen LogP contribution < -0.4 is 15.6 Å². The van der Waals surface area contributed by atoms with Crippen molar-refractivity contribution >= 4 is 23.6 Å². The first kappa shape index (κ1) is 31.0. The van der Waals surface area contributed by atoms with Crippen LogP contribution >= 0.6 is 0 Å². The average molecular weight is 583 g/mol. The highest BCUT2D eigenvalue weighted by atomic mass is 28.3. The summed E-state index contributed by atoms with van der Waals surface area (Å²) in [5, 5.41) is 4.71. The molecule has 0 aliphatic heterocycles. The second-order valence-electron chi connectivity index (χ2n) is 12.3. The molecular formula is C42H50Si. The molecule has 0 bridgehead atoms. The van der Waals surface area contributed by atoms with Gasteiger partial charge in [0.15, 0.2) is 8.07 Å². The zero-order valence-electron chi connectivity index (χ0n) is 27.3. The van der Waals surface area contributed by atoms with Gasteiger partial charge in [0.25, 0.3) is 0 Å². The highest BCUT2D eigenvalue weighted by Crippen LogP contribution is 2.34. The molecule has 4 aromatic carbocycles. The molecule has 222 valence electrons. The number of rotatable bonds is 12. The molecule has 1 aliphatic rings. The zero-order chi connectivity index (χ0) is 30.4. The monoisotopic (exact) mass is 582 g/mol. The zero-order valence-corrected chi connectivity index (χ0v) is 28.3. The summed E-state index contributed by atoms with van der Waals surface area (Å²) in [5.74, 6) is 0. The molecule has 0 fully saturated rings. The van der Waals surface area contributed by atoms with Crippen molar-refractivity contribution in [2.24, 2.45) is 0 Å². The maximum absolute atomic E-state index is 2.65. The van der Waals surface area contributed by atoms with Gasteiger partial charge in [-0.1, -0.05) is 145 Å². The number of hydrogen-bond donors (Lipinski definition) is 0. The van der Waals surface area contributed by atoms with Crippen LogP contribution in [-0.4, -0.2) is 8.07 Å². The summed E-state index contributed by atoms with van der Waals surface area (Å²) in [6.45, 7) is 13.9. The van der Waals surface area contributed by atoms with E-state index in [1.54, 1.807) is 15.6 Å². The van der Waals surface area contributed by atoms with Crippen LogP contribution in [0.1, 0.15) is 80.5 Å². The van der Waals surface area contributed by atoms with Crippen molar-refractivity contribution in [1.29, 1.82) is 0 Å². The van der Waals surface area contributed by atoms with Gasteiger partial charge in [0.2, 0.25) is 0 Å². The first-order valence-corrected chi connectivity index (χ1v) is 18.9. The number of hydrogen-bond acceptors (Lipinski definition) is 0. The predicted octanol–water partition coefficient (Wildman–Crippen LogP) is 8.64. The van der Waals surface area contributed by atoms with Gasteiger partial charge < -0.3 is 0 Å². The molecule has 1 atom stereocenters. The minimum Gasteiger partial charge on any atom is -0.0790 e. The van der Waals surface area contributed by atoms with Crippen molar-refractivity contribution in [2.45, 2.75) is 92.0 Å². The topological polar surface area (TPSA) is 0 Å². The Labute approximate surface area is 262 Å². The van der Waals surface area contributed by atoms with Crippen LogP contribution in [0.15, 0.2) is 109 Å². The Hall–Kier alpha value is -3.42. The van der Waals surface area contributed by atoms with E-state index in [9.17, 15) is 0 Å². The van der Waals surface area contributed by atoms with E-state index in [1.807, 2.05) is 0 Å². The van der Waals surface area contributed by atoms with Gasteiger partial charge in [-0.3, -0.25) is 0 Å². The molecular weight excluding hydrogens is 533 g/mol. The molecule has 1 unspecified atom stereocenters. The Balaban J connectivity index is 1.88. The largest absolute Gasteiger partial charge is 0.158 e. The lowest BCUT2D eigenvalue weighted by molar-refractivity contribution is 1.08. The Morgan fingerprint density at radius 1 is 0.465 bits per heavy atom. The van der Waals surface area contributed by atoms with E-state index in [4.69, 9.17) is 0 Å². The van der Waals surface area contributed by atoms with Crippen LogP contribution in [0.2, 0.25) is 5.54 Å². The molecule has 43 heavy (non-hydrogen) atoms. The second-order valence-corrected chi connectivity index (χ2v) is 16.3. The minimum atomic E-state index is -2.60. The molecule has 0 N–H and O–H groups in total. The lowest BCUT2D eigenvalue weighted by Crippen LogP contribution is -2.69. The number of aryl methyl sites for hydroxylation is 6. The molecule has 0 aromatic heterocycles. The molecule has 0 amide bonds. The van der Waals surface area contributed by atoms with Gasteiger partial charge in [-0.2, -0.15) is 0 Å². The average Bonchev–Trinajstić information content (AvgIpc) is 3.53. The van der Waals surface area contributed by atoms with Crippen LogP contribution in [0.25, 0.3) is 0 Å². The first-order chi connectivity index (χ1) is 21.0. The van der Waals surface area contributed by atoms with Crippen LogP contribution in [0.5, 0.6) is 0 Å².